The van der Waals surface area contributed by atoms with E-state index in [0.717, 1.165) is 4.31 Å². The van der Waals surface area contributed by atoms with Crippen LogP contribution in [0.25, 0.3) is 0 Å². The zero-order valence-electron chi connectivity index (χ0n) is 15.6. The van der Waals surface area contributed by atoms with Crippen LogP contribution in [0.5, 0.6) is 0 Å². The van der Waals surface area contributed by atoms with Gasteiger partial charge in [0.2, 0.25) is 0 Å². The molecule has 2 amide bonds. The van der Waals surface area contributed by atoms with Crippen LogP contribution in [0.15, 0.2) is 58.4 Å². The molecule has 0 atom stereocenters. The Morgan fingerprint density at radius 3 is 2.66 bits per heavy atom. The number of halogens is 2. The second-order valence-corrected chi connectivity index (χ2v) is 9.14. The maximum absolute atomic E-state index is 14.1. The fourth-order valence-corrected chi connectivity index (χ4v) is 5.16. The quantitative estimate of drug-likeness (QED) is 0.592. The maximum atomic E-state index is 14.1. The minimum absolute atomic E-state index is 0.00385. The molecule has 9 heteroatoms. The minimum Gasteiger partial charge on any atom is -0.330 e. The molecule has 0 unspecified atom stereocenters. The molecular formula is C20H18BrFN2O4S. The average Bonchev–Trinajstić information content (AvgIpc) is 2.88. The summed E-state index contributed by atoms with van der Waals surface area (Å²) in [5.74, 6) is -1.57. The van der Waals surface area contributed by atoms with Crippen LogP contribution >= 0.6 is 15.9 Å². The van der Waals surface area contributed by atoms with E-state index in [1.165, 1.54) is 35.2 Å². The summed E-state index contributed by atoms with van der Waals surface area (Å²) >= 11 is 3.28. The third-order valence-corrected chi connectivity index (χ3v) is 6.94. The van der Waals surface area contributed by atoms with Crippen molar-refractivity contribution < 1.29 is 22.4 Å². The van der Waals surface area contributed by atoms with E-state index in [0.29, 0.717) is 10.0 Å². The molecule has 0 spiro atoms. The second-order valence-electron chi connectivity index (χ2n) is 6.40. The van der Waals surface area contributed by atoms with E-state index >= 15 is 0 Å². The molecule has 0 bridgehead atoms. The molecule has 1 heterocycles. The molecule has 1 aliphatic rings. The van der Waals surface area contributed by atoms with Gasteiger partial charge in [-0.15, -0.1) is 6.58 Å². The number of fused-ring (bicyclic) bond motifs is 1. The van der Waals surface area contributed by atoms with Crippen LogP contribution in [0.4, 0.5) is 4.39 Å². The Hall–Kier alpha value is -2.52. The smallest absolute Gasteiger partial charge is 0.268 e. The first kappa shape index (κ1) is 21.2. The summed E-state index contributed by atoms with van der Waals surface area (Å²) in [5, 5.41) is 0. The summed E-state index contributed by atoms with van der Waals surface area (Å²) in [6, 6.07) is 8.37. The maximum Gasteiger partial charge on any atom is 0.268 e. The Kier molecular flexibility index (Phi) is 5.90. The van der Waals surface area contributed by atoms with E-state index < -0.39 is 27.7 Å². The molecule has 0 saturated heterocycles. The Morgan fingerprint density at radius 2 is 2.00 bits per heavy atom. The van der Waals surface area contributed by atoms with E-state index in [1.54, 1.807) is 19.1 Å². The van der Waals surface area contributed by atoms with Crippen molar-refractivity contribution in [3.63, 3.8) is 0 Å². The standard InChI is InChI=1S/C20H18BrFN2O4S/c1-3-9-23(12-14-10-15(21)6-8-17(14)22)19(25)13-5-7-16-18(11-13)29(27,28)24(4-2)20(16)26/h3,5-8,10-11H,1,4,9,12H2,2H3. The van der Waals surface area contributed by atoms with Gasteiger partial charge in [0.1, 0.15) is 10.7 Å². The van der Waals surface area contributed by atoms with Crippen LogP contribution < -0.4 is 0 Å². The number of sulfonamides is 1. The molecule has 0 aliphatic carbocycles. The average molecular weight is 481 g/mol. The van der Waals surface area contributed by atoms with Gasteiger partial charge in [-0.1, -0.05) is 22.0 Å². The van der Waals surface area contributed by atoms with E-state index in [2.05, 4.69) is 22.5 Å². The normalized spacial score (nSPS) is 14.6. The van der Waals surface area contributed by atoms with Crippen LogP contribution in [0.3, 0.4) is 0 Å². The lowest BCUT2D eigenvalue weighted by Gasteiger charge is -2.22. The van der Waals surface area contributed by atoms with Gasteiger partial charge < -0.3 is 4.90 Å². The highest BCUT2D eigenvalue weighted by Crippen LogP contribution is 2.31. The van der Waals surface area contributed by atoms with Gasteiger partial charge >= 0.3 is 0 Å². The molecule has 0 radical (unpaired) electrons. The Balaban J connectivity index is 1.97. The number of benzene rings is 2. The monoisotopic (exact) mass is 480 g/mol. The highest BCUT2D eigenvalue weighted by Gasteiger charge is 2.40. The van der Waals surface area contributed by atoms with E-state index in [-0.39, 0.29) is 35.7 Å². The summed E-state index contributed by atoms with van der Waals surface area (Å²) in [6.07, 6.45) is 1.50. The van der Waals surface area contributed by atoms with Gasteiger partial charge in [0.25, 0.3) is 21.8 Å². The molecule has 1 aliphatic heterocycles. The lowest BCUT2D eigenvalue weighted by molar-refractivity contribution is 0.0760. The van der Waals surface area contributed by atoms with Crippen molar-refractivity contribution in [2.45, 2.75) is 18.4 Å². The summed E-state index contributed by atoms with van der Waals surface area (Å²) in [4.78, 5) is 26.4. The predicted molar refractivity (Wildman–Crippen MR) is 109 cm³/mol. The van der Waals surface area contributed by atoms with Gasteiger partial charge in [0.05, 0.1) is 5.56 Å². The molecule has 3 rings (SSSR count). The van der Waals surface area contributed by atoms with Crippen LogP contribution in [0.1, 0.15) is 33.2 Å². The zero-order chi connectivity index (χ0) is 21.3. The minimum atomic E-state index is -3.98. The zero-order valence-corrected chi connectivity index (χ0v) is 18.0. The summed E-state index contributed by atoms with van der Waals surface area (Å²) in [5.41, 5.74) is 0.433. The fraction of sp³-hybridized carbons (Fsp3) is 0.200. The largest absolute Gasteiger partial charge is 0.330 e. The molecule has 6 nitrogen and oxygen atoms in total. The molecule has 2 aromatic rings. The summed E-state index contributed by atoms with van der Waals surface area (Å²) < 4.78 is 40.7. The van der Waals surface area contributed by atoms with Crippen molar-refractivity contribution in [3.8, 4) is 0 Å². The number of carbonyl (C=O) groups is 2. The summed E-state index contributed by atoms with van der Waals surface area (Å²) in [6.45, 7) is 5.30. The van der Waals surface area contributed by atoms with E-state index in [9.17, 15) is 22.4 Å². The highest BCUT2D eigenvalue weighted by atomic mass is 79.9. The molecule has 0 saturated carbocycles. The highest BCUT2D eigenvalue weighted by molar-refractivity contribution is 9.10. The molecule has 0 N–H and O–H groups in total. The third-order valence-electron chi connectivity index (χ3n) is 4.55. The molecular weight excluding hydrogens is 463 g/mol. The summed E-state index contributed by atoms with van der Waals surface area (Å²) in [7, 11) is -3.98. The number of amides is 2. The Morgan fingerprint density at radius 1 is 1.28 bits per heavy atom. The van der Waals surface area contributed by atoms with Crippen molar-refractivity contribution in [1.29, 1.82) is 0 Å². The van der Waals surface area contributed by atoms with E-state index in [1.807, 2.05) is 0 Å². The number of hydrogen-bond donors (Lipinski definition) is 0. The van der Waals surface area contributed by atoms with Gasteiger partial charge in [-0.25, -0.2) is 17.1 Å². The van der Waals surface area contributed by atoms with Gasteiger partial charge in [0.15, 0.2) is 0 Å². The Bertz CT molecular complexity index is 1120. The number of carbonyl (C=O) groups excluding carboxylic acids is 2. The molecule has 0 fully saturated rings. The number of rotatable bonds is 6. The first-order valence-electron chi connectivity index (χ1n) is 8.76. The van der Waals surface area contributed by atoms with Gasteiger partial charge in [-0.3, -0.25) is 9.59 Å². The number of hydrogen-bond acceptors (Lipinski definition) is 4. The lowest BCUT2D eigenvalue weighted by Crippen LogP contribution is -2.31. The molecule has 0 aromatic heterocycles. The van der Waals surface area contributed by atoms with Crippen LogP contribution in [-0.2, 0) is 16.6 Å². The van der Waals surface area contributed by atoms with Crippen LogP contribution in [0.2, 0.25) is 0 Å². The van der Waals surface area contributed by atoms with Crippen LogP contribution in [-0.4, -0.2) is 42.5 Å². The SMILES string of the molecule is C=CCN(Cc1cc(Br)ccc1F)C(=O)c1ccc2c(c1)S(=O)(=O)N(CC)C2=O. The molecule has 2 aromatic carbocycles. The van der Waals surface area contributed by atoms with Gasteiger partial charge in [0, 0.05) is 35.2 Å². The van der Waals surface area contributed by atoms with Crippen molar-refractivity contribution in [1.82, 2.24) is 9.21 Å². The van der Waals surface area contributed by atoms with Crippen molar-refractivity contribution in [2.24, 2.45) is 0 Å². The van der Waals surface area contributed by atoms with Gasteiger partial charge in [-0.05, 0) is 43.3 Å². The van der Waals surface area contributed by atoms with Crippen molar-refractivity contribution in [2.75, 3.05) is 13.1 Å². The van der Waals surface area contributed by atoms with Gasteiger partial charge in [-0.2, -0.15) is 0 Å². The first-order chi connectivity index (χ1) is 13.7. The van der Waals surface area contributed by atoms with Crippen molar-refractivity contribution in [3.05, 3.63) is 76.0 Å². The topological polar surface area (TPSA) is 74.8 Å². The first-order valence-corrected chi connectivity index (χ1v) is 11.0. The Labute approximate surface area is 176 Å². The molecule has 29 heavy (non-hydrogen) atoms. The third kappa shape index (κ3) is 3.84. The fourth-order valence-electron chi connectivity index (χ4n) is 3.15. The molecule has 152 valence electrons. The predicted octanol–water partition coefficient (Wildman–Crippen LogP) is 3.58. The van der Waals surface area contributed by atoms with Crippen LogP contribution in [0, 0.1) is 5.82 Å². The lowest BCUT2D eigenvalue weighted by atomic mass is 10.1. The second kappa shape index (κ2) is 8.08. The van der Waals surface area contributed by atoms with Crippen molar-refractivity contribution >= 4 is 37.8 Å². The van der Waals surface area contributed by atoms with E-state index in [4.69, 9.17) is 0 Å². The number of nitrogens with zero attached hydrogens (tertiary/aromatic N) is 2.